The fourth-order valence-electron chi connectivity index (χ4n) is 6.53. The molecule has 0 amide bonds. The van der Waals surface area contributed by atoms with Crippen molar-refractivity contribution in [3.63, 3.8) is 0 Å². The third-order valence-electron chi connectivity index (χ3n) is 9.17. The Kier molecular flexibility index (Phi) is 12.0. The molecule has 1 aliphatic carbocycles. The van der Waals surface area contributed by atoms with Gasteiger partial charge in [-0.15, -0.1) is 0 Å². The summed E-state index contributed by atoms with van der Waals surface area (Å²) in [5.41, 5.74) is 10.7. The topological polar surface area (TPSA) is 46.5 Å². The summed E-state index contributed by atoms with van der Waals surface area (Å²) in [6.45, 7) is 10.3. The van der Waals surface area contributed by atoms with E-state index in [9.17, 15) is 4.79 Å². The SMILES string of the molecule is C=C(CO)C(=O)OCCCc1ccc(-c2ccc(-c3ccc(C4CCC(CCCCC)CC4)cc3C)cc2CC)cc1. The molecule has 0 saturated heterocycles. The molecule has 0 atom stereocenters. The maximum Gasteiger partial charge on any atom is 0.335 e. The lowest BCUT2D eigenvalue weighted by Gasteiger charge is -2.29. The maximum absolute atomic E-state index is 11.6. The van der Waals surface area contributed by atoms with Crippen molar-refractivity contribution in [3.05, 3.63) is 95.1 Å². The van der Waals surface area contributed by atoms with Crippen molar-refractivity contribution in [2.24, 2.45) is 5.92 Å². The van der Waals surface area contributed by atoms with Crippen molar-refractivity contribution in [3.8, 4) is 22.3 Å². The summed E-state index contributed by atoms with van der Waals surface area (Å²) in [4.78, 5) is 11.6. The Balaban J connectivity index is 1.37. The summed E-state index contributed by atoms with van der Waals surface area (Å²) in [5, 5.41) is 8.97. The van der Waals surface area contributed by atoms with E-state index in [2.05, 4.69) is 88.0 Å². The molecule has 1 fully saturated rings. The van der Waals surface area contributed by atoms with Gasteiger partial charge in [0.2, 0.25) is 0 Å². The van der Waals surface area contributed by atoms with Gasteiger partial charge >= 0.3 is 5.97 Å². The van der Waals surface area contributed by atoms with Gasteiger partial charge in [0.05, 0.1) is 18.8 Å². The predicted octanol–water partition coefficient (Wildman–Crippen LogP) is 9.77. The van der Waals surface area contributed by atoms with Gasteiger partial charge in [-0.25, -0.2) is 4.79 Å². The van der Waals surface area contributed by atoms with E-state index in [0.29, 0.717) is 6.61 Å². The van der Waals surface area contributed by atoms with Crippen molar-refractivity contribution in [1.29, 1.82) is 0 Å². The van der Waals surface area contributed by atoms with Crippen molar-refractivity contribution < 1.29 is 14.6 Å². The minimum atomic E-state index is -0.523. The smallest absolute Gasteiger partial charge is 0.335 e. The zero-order valence-electron chi connectivity index (χ0n) is 26.1. The van der Waals surface area contributed by atoms with Crippen LogP contribution in [0.4, 0.5) is 0 Å². The molecule has 1 N–H and O–H groups in total. The Morgan fingerprint density at radius 2 is 1.60 bits per heavy atom. The minimum absolute atomic E-state index is 0.0924. The number of hydrogen-bond donors (Lipinski definition) is 1. The summed E-state index contributed by atoms with van der Waals surface area (Å²) in [6, 6.07) is 22.9. The third-order valence-corrected chi connectivity index (χ3v) is 9.17. The number of carbonyl (C=O) groups is 1. The molecule has 3 nitrogen and oxygen atoms in total. The Labute approximate surface area is 254 Å². The first-order valence-electron chi connectivity index (χ1n) is 16.2. The lowest BCUT2D eigenvalue weighted by atomic mass is 9.76. The lowest BCUT2D eigenvalue weighted by Crippen LogP contribution is -2.13. The van der Waals surface area contributed by atoms with E-state index >= 15 is 0 Å². The highest BCUT2D eigenvalue weighted by atomic mass is 16.5. The highest BCUT2D eigenvalue weighted by molar-refractivity contribution is 5.87. The Morgan fingerprint density at radius 3 is 2.26 bits per heavy atom. The molecule has 3 heteroatoms. The number of hydrogen-bond acceptors (Lipinski definition) is 3. The summed E-state index contributed by atoms with van der Waals surface area (Å²) in [6.07, 6.45) is 13.6. The molecule has 4 rings (SSSR count). The van der Waals surface area contributed by atoms with Crippen LogP contribution >= 0.6 is 0 Å². The molecule has 42 heavy (non-hydrogen) atoms. The number of unbranched alkanes of at least 4 members (excludes halogenated alkanes) is 2. The highest BCUT2D eigenvalue weighted by Gasteiger charge is 2.22. The number of carbonyl (C=O) groups excluding carboxylic acids is 1. The molecule has 3 aromatic rings. The summed E-state index contributed by atoms with van der Waals surface area (Å²) in [7, 11) is 0. The van der Waals surface area contributed by atoms with Gasteiger partial charge in [-0.3, -0.25) is 0 Å². The molecule has 1 saturated carbocycles. The second-order valence-corrected chi connectivity index (χ2v) is 12.2. The first kappa shape index (κ1) is 31.8. The van der Waals surface area contributed by atoms with Gasteiger partial charge in [0.1, 0.15) is 0 Å². The van der Waals surface area contributed by atoms with Gasteiger partial charge in [-0.2, -0.15) is 0 Å². The fraction of sp³-hybridized carbons (Fsp3) is 0.462. The van der Waals surface area contributed by atoms with Gasteiger partial charge in [-0.1, -0.05) is 107 Å². The number of ether oxygens (including phenoxy) is 1. The zero-order valence-corrected chi connectivity index (χ0v) is 26.1. The van der Waals surface area contributed by atoms with E-state index in [0.717, 1.165) is 31.1 Å². The number of aliphatic hydroxyl groups excluding tert-OH is 1. The Bertz CT molecular complexity index is 1310. The molecule has 0 radical (unpaired) electrons. The normalized spacial score (nSPS) is 16.8. The molecule has 3 aromatic carbocycles. The zero-order chi connectivity index (χ0) is 29.9. The van der Waals surface area contributed by atoms with Crippen LogP contribution in [0.3, 0.4) is 0 Å². The summed E-state index contributed by atoms with van der Waals surface area (Å²) in [5.74, 6) is 1.15. The van der Waals surface area contributed by atoms with Crippen LogP contribution in [-0.2, 0) is 22.4 Å². The third kappa shape index (κ3) is 8.44. The van der Waals surface area contributed by atoms with Crippen molar-refractivity contribution >= 4 is 5.97 Å². The molecule has 0 bridgehead atoms. The van der Waals surface area contributed by atoms with E-state index in [4.69, 9.17) is 9.84 Å². The monoisotopic (exact) mass is 566 g/mol. The van der Waals surface area contributed by atoms with E-state index in [-0.39, 0.29) is 12.2 Å². The van der Waals surface area contributed by atoms with E-state index in [1.165, 1.54) is 95.9 Å². The van der Waals surface area contributed by atoms with Crippen LogP contribution in [0.15, 0.2) is 72.8 Å². The highest BCUT2D eigenvalue weighted by Crippen LogP contribution is 2.39. The van der Waals surface area contributed by atoms with Crippen LogP contribution in [0.25, 0.3) is 22.3 Å². The largest absolute Gasteiger partial charge is 0.462 e. The molecule has 0 aromatic heterocycles. The second-order valence-electron chi connectivity index (χ2n) is 12.2. The van der Waals surface area contributed by atoms with Gasteiger partial charge < -0.3 is 9.84 Å². The second kappa shape index (κ2) is 15.9. The minimum Gasteiger partial charge on any atom is -0.462 e. The summed E-state index contributed by atoms with van der Waals surface area (Å²) >= 11 is 0. The van der Waals surface area contributed by atoms with E-state index in [1.54, 1.807) is 0 Å². The first-order chi connectivity index (χ1) is 20.4. The molecule has 224 valence electrons. The lowest BCUT2D eigenvalue weighted by molar-refractivity contribution is -0.139. The van der Waals surface area contributed by atoms with Crippen LogP contribution in [-0.4, -0.2) is 24.3 Å². The standard InChI is InChI=1S/C39H50O3/c1-5-7-8-10-30-12-16-33(17-13-30)35-20-22-37(28(3)25-35)36-21-23-38(32(6-2)26-36)34-18-14-31(15-19-34)11-9-24-42-39(41)29(4)27-40/h14-15,18-23,25-26,30,33,40H,4-13,16-17,24,27H2,1-3H3. The Hall–Kier alpha value is -3.17. The molecular weight excluding hydrogens is 516 g/mol. The average molecular weight is 567 g/mol. The fourth-order valence-corrected chi connectivity index (χ4v) is 6.53. The number of aryl methyl sites for hydroxylation is 3. The predicted molar refractivity (Wildman–Crippen MR) is 176 cm³/mol. The van der Waals surface area contributed by atoms with Crippen LogP contribution in [0.5, 0.6) is 0 Å². The van der Waals surface area contributed by atoms with Crippen LogP contribution in [0.2, 0.25) is 0 Å². The van der Waals surface area contributed by atoms with Crippen LogP contribution in [0, 0.1) is 12.8 Å². The molecule has 0 heterocycles. The summed E-state index contributed by atoms with van der Waals surface area (Å²) < 4.78 is 5.15. The van der Waals surface area contributed by atoms with Crippen LogP contribution in [0.1, 0.15) is 99.8 Å². The first-order valence-corrected chi connectivity index (χ1v) is 16.2. The maximum atomic E-state index is 11.6. The Morgan fingerprint density at radius 1 is 0.881 bits per heavy atom. The van der Waals surface area contributed by atoms with Crippen molar-refractivity contribution in [2.75, 3.05) is 13.2 Å². The molecule has 1 aliphatic rings. The quantitative estimate of drug-likeness (QED) is 0.120. The van der Waals surface area contributed by atoms with Crippen molar-refractivity contribution in [1.82, 2.24) is 0 Å². The van der Waals surface area contributed by atoms with Gasteiger partial charge in [0.15, 0.2) is 0 Å². The van der Waals surface area contributed by atoms with Gasteiger partial charge in [0, 0.05) is 0 Å². The average Bonchev–Trinajstić information content (AvgIpc) is 3.03. The number of benzene rings is 3. The van der Waals surface area contributed by atoms with E-state index < -0.39 is 5.97 Å². The molecule has 0 unspecified atom stereocenters. The van der Waals surface area contributed by atoms with Gasteiger partial charge in [-0.05, 0) is 108 Å². The van der Waals surface area contributed by atoms with Crippen molar-refractivity contribution in [2.45, 2.75) is 97.3 Å². The molecule has 0 aliphatic heterocycles. The molecule has 0 spiro atoms. The number of aliphatic hydroxyl groups is 1. The van der Waals surface area contributed by atoms with Gasteiger partial charge in [0.25, 0.3) is 0 Å². The van der Waals surface area contributed by atoms with Crippen LogP contribution < -0.4 is 0 Å². The number of esters is 1. The molecular formula is C39H50O3. The number of rotatable bonds is 14. The van der Waals surface area contributed by atoms with E-state index in [1.807, 2.05) is 0 Å².